The van der Waals surface area contributed by atoms with Gasteiger partial charge in [-0.3, -0.25) is 0 Å². The van der Waals surface area contributed by atoms with Crippen LogP contribution in [-0.2, 0) is 6.42 Å². The standard InChI is InChI=1S/C14H17ClN4/c1-9(2)12-8-14(19-16)18-13(17-12)7-10-5-3-4-6-11(10)15/h3-6,8-9H,7,16H2,1-2H3,(H,17,18,19). The van der Waals surface area contributed by atoms with E-state index in [2.05, 4.69) is 29.2 Å². The molecule has 0 spiro atoms. The van der Waals surface area contributed by atoms with Gasteiger partial charge in [0, 0.05) is 23.2 Å². The Morgan fingerprint density at radius 3 is 2.63 bits per heavy atom. The monoisotopic (exact) mass is 276 g/mol. The van der Waals surface area contributed by atoms with Crippen LogP contribution in [0.4, 0.5) is 5.82 Å². The molecule has 0 fully saturated rings. The summed E-state index contributed by atoms with van der Waals surface area (Å²) in [5, 5.41) is 0.725. The minimum atomic E-state index is 0.320. The molecular formula is C14H17ClN4. The van der Waals surface area contributed by atoms with Gasteiger partial charge in [-0.05, 0) is 17.5 Å². The molecule has 5 heteroatoms. The first-order chi connectivity index (χ1) is 9.10. The van der Waals surface area contributed by atoms with Crippen molar-refractivity contribution in [3.63, 3.8) is 0 Å². The van der Waals surface area contributed by atoms with Gasteiger partial charge in [0.2, 0.25) is 0 Å². The Balaban J connectivity index is 2.34. The van der Waals surface area contributed by atoms with Crippen LogP contribution >= 0.6 is 11.6 Å². The van der Waals surface area contributed by atoms with Crippen LogP contribution < -0.4 is 11.3 Å². The number of halogens is 1. The molecule has 0 saturated carbocycles. The normalized spacial score (nSPS) is 10.8. The van der Waals surface area contributed by atoms with Crippen molar-refractivity contribution in [2.75, 3.05) is 5.43 Å². The second kappa shape index (κ2) is 5.99. The van der Waals surface area contributed by atoms with Gasteiger partial charge in [-0.15, -0.1) is 0 Å². The number of hydrogen-bond acceptors (Lipinski definition) is 4. The Bertz CT molecular complexity index is 569. The zero-order valence-corrected chi connectivity index (χ0v) is 11.8. The molecule has 2 aromatic rings. The summed E-state index contributed by atoms with van der Waals surface area (Å²) in [6.07, 6.45) is 0.592. The molecule has 0 atom stereocenters. The van der Waals surface area contributed by atoms with E-state index in [1.54, 1.807) is 0 Å². The lowest BCUT2D eigenvalue weighted by Crippen LogP contribution is -2.12. The average Bonchev–Trinajstić information content (AvgIpc) is 2.41. The maximum absolute atomic E-state index is 6.15. The maximum Gasteiger partial charge on any atom is 0.143 e. The summed E-state index contributed by atoms with van der Waals surface area (Å²) in [4.78, 5) is 8.92. The van der Waals surface area contributed by atoms with Crippen LogP contribution in [0.1, 0.15) is 36.8 Å². The molecule has 0 bridgehead atoms. The highest BCUT2D eigenvalue weighted by atomic mass is 35.5. The van der Waals surface area contributed by atoms with E-state index in [0.29, 0.717) is 24.0 Å². The molecule has 19 heavy (non-hydrogen) atoms. The van der Waals surface area contributed by atoms with Crippen molar-refractivity contribution >= 4 is 17.4 Å². The summed E-state index contributed by atoms with van der Waals surface area (Å²) in [6.45, 7) is 4.17. The van der Waals surface area contributed by atoms with Crippen molar-refractivity contribution in [2.24, 2.45) is 5.84 Å². The third-order valence-electron chi connectivity index (χ3n) is 2.84. The van der Waals surface area contributed by atoms with Gasteiger partial charge in [0.25, 0.3) is 0 Å². The van der Waals surface area contributed by atoms with Gasteiger partial charge in [0.15, 0.2) is 0 Å². The number of nitrogens with two attached hydrogens (primary N) is 1. The molecular weight excluding hydrogens is 260 g/mol. The Labute approximate surface area is 118 Å². The van der Waals surface area contributed by atoms with Gasteiger partial charge in [-0.25, -0.2) is 15.8 Å². The number of rotatable bonds is 4. The number of nitrogens with one attached hydrogen (secondary N) is 1. The van der Waals surface area contributed by atoms with E-state index in [-0.39, 0.29) is 0 Å². The first-order valence-corrected chi connectivity index (χ1v) is 6.56. The molecule has 0 amide bonds. The number of nitrogens with zero attached hydrogens (tertiary/aromatic N) is 2. The Hall–Kier alpha value is -1.65. The lowest BCUT2D eigenvalue weighted by Gasteiger charge is -2.10. The fourth-order valence-electron chi connectivity index (χ4n) is 1.78. The van der Waals surface area contributed by atoms with Gasteiger partial charge < -0.3 is 5.43 Å². The van der Waals surface area contributed by atoms with E-state index >= 15 is 0 Å². The van der Waals surface area contributed by atoms with Crippen molar-refractivity contribution in [1.29, 1.82) is 0 Å². The Morgan fingerprint density at radius 1 is 1.26 bits per heavy atom. The highest BCUT2D eigenvalue weighted by molar-refractivity contribution is 6.31. The number of hydrogen-bond donors (Lipinski definition) is 2. The summed E-state index contributed by atoms with van der Waals surface area (Å²) in [7, 11) is 0. The predicted octanol–water partition coefficient (Wildman–Crippen LogP) is 3.13. The maximum atomic E-state index is 6.15. The molecule has 100 valence electrons. The van der Waals surface area contributed by atoms with Gasteiger partial charge in [-0.2, -0.15) is 0 Å². The first kappa shape index (κ1) is 13.8. The van der Waals surface area contributed by atoms with Crippen LogP contribution in [-0.4, -0.2) is 9.97 Å². The van der Waals surface area contributed by atoms with E-state index < -0.39 is 0 Å². The van der Waals surface area contributed by atoms with E-state index in [1.165, 1.54) is 0 Å². The molecule has 1 heterocycles. The van der Waals surface area contributed by atoms with Gasteiger partial charge >= 0.3 is 0 Å². The fourth-order valence-corrected chi connectivity index (χ4v) is 1.98. The summed E-state index contributed by atoms with van der Waals surface area (Å²) in [6, 6.07) is 9.56. The summed E-state index contributed by atoms with van der Waals surface area (Å²) in [5.74, 6) is 7.10. The van der Waals surface area contributed by atoms with E-state index in [0.717, 1.165) is 16.3 Å². The lowest BCUT2D eigenvalue weighted by atomic mass is 10.1. The van der Waals surface area contributed by atoms with E-state index in [4.69, 9.17) is 17.4 Å². The molecule has 0 aliphatic rings. The molecule has 0 radical (unpaired) electrons. The molecule has 4 nitrogen and oxygen atoms in total. The zero-order valence-electron chi connectivity index (χ0n) is 11.0. The molecule has 1 aromatic heterocycles. The lowest BCUT2D eigenvalue weighted by molar-refractivity contribution is 0.792. The topological polar surface area (TPSA) is 63.8 Å². The van der Waals surface area contributed by atoms with Gasteiger partial charge in [-0.1, -0.05) is 43.6 Å². The van der Waals surface area contributed by atoms with Crippen LogP contribution in [0.2, 0.25) is 5.02 Å². The van der Waals surface area contributed by atoms with Crippen molar-refractivity contribution in [3.05, 3.63) is 52.4 Å². The van der Waals surface area contributed by atoms with E-state index in [9.17, 15) is 0 Å². The van der Waals surface area contributed by atoms with Gasteiger partial charge in [0.1, 0.15) is 11.6 Å². The van der Waals surface area contributed by atoms with Crippen LogP contribution in [0.25, 0.3) is 0 Å². The number of aromatic nitrogens is 2. The van der Waals surface area contributed by atoms with Crippen molar-refractivity contribution < 1.29 is 0 Å². The molecule has 0 aliphatic carbocycles. The van der Waals surface area contributed by atoms with Crippen LogP contribution in [0.5, 0.6) is 0 Å². The number of hydrazine groups is 1. The SMILES string of the molecule is CC(C)c1cc(NN)nc(Cc2ccccc2Cl)n1. The van der Waals surface area contributed by atoms with Crippen LogP contribution in [0.3, 0.4) is 0 Å². The quantitative estimate of drug-likeness (QED) is 0.665. The molecule has 0 saturated heterocycles. The molecule has 3 N–H and O–H groups in total. The molecule has 1 aromatic carbocycles. The van der Waals surface area contributed by atoms with Crippen molar-refractivity contribution in [2.45, 2.75) is 26.2 Å². The van der Waals surface area contributed by atoms with Gasteiger partial charge in [0.05, 0.1) is 0 Å². The predicted molar refractivity (Wildman–Crippen MR) is 78.2 cm³/mol. The van der Waals surface area contributed by atoms with E-state index in [1.807, 2.05) is 30.3 Å². The number of nitrogen functional groups attached to an aromatic ring is 1. The number of anilines is 1. The molecule has 0 unspecified atom stereocenters. The smallest absolute Gasteiger partial charge is 0.143 e. The highest BCUT2D eigenvalue weighted by Crippen LogP contribution is 2.20. The fraction of sp³-hybridized carbons (Fsp3) is 0.286. The van der Waals surface area contributed by atoms with Crippen molar-refractivity contribution in [1.82, 2.24) is 9.97 Å². The Kier molecular flexibility index (Phi) is 4.35. The largest absolute Gasteiger partial charge is 0.308 e. The highest BCUT2D eigenvalue weighted by Gasteiger charge is 2.09. The average molecular weight is 277 g/mol. The third kappa shape index (κ3) is 3.43. The molecule has 2 rings (SSSR count). The van der Waals surface area contributed by atoms with Crippen LogP contribution in [0.15, 0.2) is 30.3 Å². The summed E-state index contributed by atoms with van der Waals surface area (Å²) >= 11 is 6.15. The minimum Gasteiger partial charge on any atom is -0.308 e. The second-order valence-corrected chi connectivity index (χ2v) is 5.07. The molecule has 0 aliphatic heterocycles. The van der Waals surface area contributed by atoms with Crippen molar-refractivity contribution in [3.8, 4) is 0 Å². The zero-order chi connectivity index (χ0) is 13.8. The summed E-state index contributed by atoms with van der Waals surface area (Å²) < 4.78 is 0. The third-order valence-corrected chi connectivity index (χ3v) is 3.21. The Morgan fingerprint density at radius 2 is 2.00 bits per heavy atom. The first-order valence-electron chi connectivity index (χ1n) is 6.18. The summed E-state index contributed by atoms with van der Waals surface area (Å²) in [5.41, 5.74) is 4.55. The minimum absolute atomic E-state index is 0.320. The second-order valence-electron chi connectivity index (χ2n) is 4.66. The van der Waals surface area contributed by atoms with Crippen LogP contribution in [0, 0.1) is 0 Å². The number of benzene rings is 1.